The normalized spacial score (nSPS) is 10.5. The molecule has 0 saturated heterocycles. The fourth-order valence-electron chi connectivity index (χ4n) is 3.90. The van der Waals surface area contributed by atoms with E-state index in [1.54, 1.807) is 60.7 Å². The third kappa shape index (κ3) is 5.39. The number of hydrogen-bond donors (Lipinski definition) is 2. The third-order valence-electron chi connectivity index (χ3n) is 5.90. The number of rotatable bonds is 8. The van der Waals surface area contributed by atoms with Gasteiger partial charge in [-0.3, -0.25) is 9.59 Å². The zero-order chi connectivity index (χ0) is 26.5. The Morgan fingerprint density at radius 3 is 1.13 bits per heavy atom. The van der Waals surface area contributed by atoms with Gasteiger partial charge in [-0.15, -0.1) is 0 Å². The van der Waals surface area contributed by atoms with Crippen molar-refractivity contribution in [3.8, 4) is 23.0 Å². The van der Waals surface area contributed by atoms with E-state index in [-0.39, 0.29) is 11.6 Å². The van der Waals surface area contributed by atoms with E-state index in [2.05, 4.69) is 0 Å². The van der Waals surface area contributed by atoms with Crippen LogP contribution < -0.4 is 20.9 Å². The number of anilines is 2. The molecule has 0 aromatic heterocycles. The number of hydrogen-bond acceptors (Lipinski definition) is 6. The number of para-hydroxylation sites is 2. The SMILES string of the molecule is Nc1cc(C(=O)c2ccc(C(=O)c3ccc(Oc4ccccc4)c(N)c3)cc2)ccc1Oc1ccccc1. The highest BCUT2D eigenvalue weighted by Crippen LogP contribution is 2.30. The van der Waals surface area contributed by atoms with Gasteiger partial charge >= 0.3 is 0 Å². The first-order valence-electron chi connectivity index (χ1n) is 11.9. The fraction of sp³-hybridized carbons (Fsp3) is 0. The number of nitrogens with two attached hydrogens (primary N) is 2. The van der Waals surface area contributed by atoms with E-state index in [1.165, 1.54) is 0 Å². The smallest absolute Gasteiger partial charge is 0.193 e. The van der Waals surface area contributed by atoms with Crippen LogP contribution in [0.4, 0.5) is 11.4 Å². The number of benzene rings is 5. The first-order chi connectivity index (χ1) is 18.5. The third-order valence-corrected chi connectivity index (χ3v) is 5.90. The molecule has 0 aliphatic carbocycles. The van der Waals surface area contributed by atoms with Gasteiger partial charge in [-0.05, 0) is 60.7 Å². The largest absolute Gasteiger partial charge is 0.455 e. The van der Waals surface area contributed by atoms with Crippen LogP contribution in [-0.4, -0.2) is 11.6 Å². The predicted octanol–water partition coefficient (Wildman–Crippen LogP) is 6.90. The second kappa shape index (κ2) is 10.7. The summed E-state index contributed by atoms with van der Waals surface area (Å²) < 4.78 is 11.6. The van der Waals surface area contributed by atoms with Crippen LogP contribution in [0.5, 0.6) is 23.0 Å². The van der Waals surface area contributed by atoms with Gasteiger partial charge in [-0.1, -0.05) is 60.7 Å². The van der Waals surface area contributed by atoms with E-state index in [0.29, 0.717) is 56.6 Å². The quantitative estimate of drug-likeness (QED) is 0.177. The second-order valence-corrected chi connectivity index (χ2v) is 8.57. The van der Waals surface area contributed by atoms with Crippen LogP contribution >= 0.6 is 0 Å². The van der Waals surface area contributed by atoms with Gasteiger partial charge in [0.2, 0.25) is 0 Å². The molecule has 4 N–H and O–H groups in total. The molecule has 0 bridgehead atoms. The number of carbonyl (C=O) groups excluding carboxylic acids is 2. The number of nitrogen functional groups attached to an aromatic ring is 2. The van der Waals surface area contributed by atoms with Crippen LogP contribution in [0.1, 0.15) is 31.8 Å². The van der Waals surface area contributed by atoms with E-state index in [4.69, 9.17) is 20.9 Å². The Labute approximate surface area is 220 Å². The molecular formula is C32H24N2O4. The highest BCUT2D eigenvalue weighted by molar-refractivity contribution is 6.12. The summed E-state index contributed by atoms with van der Waals surface area (Å²) in [4.78, 5) is 26.1. The minimum Gasteiger partial charge on any atom is -0.455 e. The topological polar surface area (TPSA) is 105 Å². The van der Waals surface area contributed by atoms with Gasteiger partial charge < -0.3 is 20.9 Å². The lowest BCUT2D eigenvalue weighted by atomic mass is 9.98. The molecule has 6 nitrogen and oxygen atoms in total. The maximum atomic E-state index is 13.0. The van der Waals surface area contributed by atoms with E-state index < -0.39 is 0 Å². The van der Waals surface area contributed by atoms with Crippen molar-refractivity contribution in [1.82, 2.24) is 0 Å². The highest BCUT2D eigenvalue weighted by Gasteiger charge is 2.15. The molecule has 0 spiro atoms. The minimum absolute atomic E-state index is 0.214. The number of carbonyl (C=O) groups is 2. The Kier molecular flexibility index (Phi) is 6.87. The molecule has 0 aliphatic rings. The van der Waals surface area contributed by atoms with Crippen molar-refractivity contribution in [1.29, 1.82) is 0 Å². The molecule has 186 valence electrons. The van der Waals surface area contributed by atoms with Crippen molar-refractivity contribution in [3.63, 3.8) is 0 Å². The fourth-order valence-corrected chi connectivity index (χ4v) is 3.90. The van der Waals surface area contributed by atoms with Gasteiger partial charge in [0.05, 0.1) is 11.4 Å². The number of ether oxygens (including phenoxy) is 2. The van der Waals surface area contributed by atoms with E-state index >= 15 is 0 Å². The van der Waals surface area contributed by atoms with Crippen molar-refractivity contribution in [2.24, 2.45) is 0 Å². The minimum atomic E-state index is -0.214. The van der Waals surface area contributed by atoms with Crippen LogP contribution in [0.2, 0.25) is 0 Å². The van der Waals surface area contributed by atoms with Gasteiger partial charge in [-0.25, -0.2) is 0 Å². The average Bonchev–Trinajstić information content (AvgIpc) is 2.95. The molecule has 0 atom stereocenters. The zero-order valence-electron chi connectivity index (χ0n) is 20.3. The van der Waals surface area contributed by atoms with Gasteiger partial charge in [0.1, 0.15) is 23.0 Å². The van der Waals surface area contributed by atoms with Crippen LogP contribution in [0.25, 0.3) is 0 Å². The molecule has 5 aromatic rings. The van der Waals surface area contributed by atoms with Crippen molar-refractivity contribution < 1.29 is 19.1 Å². The van der Waals surface area contributed by atoms with Crippen molar-refractivity contribution in [3.05, 3.63) is 144 Å². The molecule has 0 saturated carbocycles. The summed E-state index contributed by atoms with van der Waals surface area (Å²) in [5.74, 6) is 1.81. The summed E-state index contributed by atoms with van der Waals surface area (Å²) in [6.07, 6.45) is 0. The van der Waals surface area contributed by atoms with Crippen LogP contribution in [0.3, 0.4) is 0 Å². The van der Waals surface area contributed by atoms with Crippen LogP contribution in [0.15, 0.2) is 121 Å². The number of ketones is 2. The van der Waals surface area contributed by atoms with Gasteiger partial charge in [0.15, 0.2) is 11.6 Å². The molecule has 0 heterocycles. The van der Waals surface area contributed by atoms with Crippen LogP contribution in [0, 0.1) is 0 Å². The summed E-state index contributed by atoms with van der Waals surface area (Å²) in [6, 6.07) is 34.9. The summed E-state index contributed by atoms with van der Waals surface area (Å²) >= 11 is 0. The molecule has 0 unspecified atom stereocenters. The Hall–Kier alpha value is -5.36. The lowest BCUT2D eigenvalue weighted by Gasteiger charge is -2.11. The second-order valence-electron chi connectivity index (χ2n) is 8.57. The monoisotopic (exact) mass is 500 g/mol. The highest BCUT2D eigenvalue weighted by atomic mass is 16.5. The Balaban J connectivity index is 1.28. The van der Waals surface area contributed by atoms with E-state index in [9.17, 15) is 9.59 Å². The molecular weight excluding hydrogens is 476 g/mol. The van der Waals surface area contributed by atoms with Crippen LogP contribution in [-0.2, 0) is 0 Å². The van der Waals surface area contributed by atoms with Gasteiger partial charge in [-0.2, -0.15) is 0 Å². The Morgan fingerprint density at radius 1 is 0.447 bits per heavy atom. The molecule has 6 heteroatoms. The van der Waals surface area contributed by atoms with Gasteiger partial charge in [0, 0.05) is 22.3 Å². The summed E-state index contributed by atoms with van der Waals surface area (Å²) in [6.45, 7) is 0. The summed E-state index contributed by atoms with van der Waals surface area (Å²) in [7, 11) is 0. The van der Waals surface area contributed by atoms with Crippen molar-refractivity contribution >= 4 is 22.9 Å². The Morgan fingerprint density at radius 2 is 0.789 bits per heavy atom. The molecule has 5 aromatic carbocycles. The summed E-state index contributed by atoms with van der Waals surface area (Å²) in [5, 5.41) is 0. The summed E-state index contributed by atoms with van der Waals surface area (Å²) in [5.41, 5.74) is 14.7. The van der Waals surface area contributed by atoms with Gasteiger partial charge in [0.25, 0.3) is 0 Å². The van der Waals surface area contributed by atoms with Crippen molar-refractivity contribution in [2.75, 3.05) is 11.5 Å². The lowest BCUT2D eigenvalue weighted by molar-refractivity contribution is 0.102. The van der Waals surface area contributed by atoms with E-state index in [1.807, 2.05) is 60.7 Å². The molecule has 38 heavy (non-hydrogen) atoms. The van der Waals surface area contributed by atoms with Crippen molar-refractivity contribution in [2.45, 2.75) is 0 Å². The predicted molar refractivity (Wildman–Crippen MR) is 148 cm³/mol. The molecule has 0 aliphatic heterocycles. The molecule has 0 fully saturated rings. The zero-order valence-corrected chi connectivity index (χ0v) is 20.3. The Bertz CT molecular complexity index is 1480. The molecule has 0 amide bonds. The lowest BCUT2D eigenvalue weighted by Crippen LogP contribution is -2.06. The maximum Gasteiger partial charge on any atom is 0.193 e. The average molecular weight is 501 g/mol. The standard InChI is InChI=1S/C32H24N2O4/c33-27-19-23(15-17-29(27)37-25-7-3-1-4-8-25)31(35)21-11-13-22(14-12-21)32(36)24-16-18-30(28(34)20-24)38-26-9-5-2-6-10-26/h1-20H,33-34H2. The maximum absolute atomic E-state index is 13.0. The van der Waals surface area contributed by atoms with E-state index in [0.717, 1.165) is 0 Å². The first-order valence-corrected chi connectivity index (χ1v) is 11.9. The first kappa shape index (κ1) is 24.3. The molecule has 5 rings (SSSR count). The molecule has 0 radical (unpaired) electrons.